The Morgan fingerprint density at radius 1 is 1.48 bits per heavy atom. The molecule has 2 rings (SSSR count). The molecule has 1 unspecified atom stereocenters. The molecule has 1 aromatic rings. The maximum atomic E-state index is 13.0. The Hall–Kier alpha value is -0.690. The molecule has 1 aromatic carbocycles. The van der Waals surface area contributed by atoms with Crippen LogP contribution in [0.2, 0.25) is 0 Å². The summed E-state index contributed by atoms with van der Waals surface area (Å²) in [5.74, 6) is 0.349. The zero-order valence-electron chi connectivity index (χ0n) is 11.4. The average molecular weight is 382 g/mol. The number of thioether (sulfide) groups is 1. The van der Waals surface area contributed by atoms with E-state index in [2.05, 4.69) is 21.2 Å². The SMILES string of the molecule is CC1(CNC(=O)c2ccc(Br)cc2C(F)(F)F)CCCS1. The standard InChI is InChI=1S/C14H15BrF3NOS/c1-13(5-2-6-21-13)8-19-12(20)10-4-3-9(15)7-11(10)14(16,17)18/h3-4,7H,2,5-6,8H2,1H3,(H,19,20). The van der Waals surface area contributed by atoms with Crippen molar-refractivity contribution in [1.29, 1.82) is 0 Å². The number of benzene rings is 1. The van der Waals surface area contributed by atoms with Crippen molar-refractivity contribution in [3.05, 3.63) is 33.8 Å². The molecule has 21 heavy (non-hydrogen) atoms. The van der Waals surface area contributed by atoms with E-state index in [1.165, 1.54) is 12.1 Å². The third-order valence-corrected chi connectivity index (χ3v) is 5.49. The van der Waals surface area contributed by atoms with Gasteiger partial charge in [-0.1, -0.05) is 15.9 Å². The quantitative estimate of drug-likeness (QED) is 0.835. The van der Waals surface area contributed by atoms with Crippen LogP contribution < -0.4 is 5.32 Å². The maximum Gasteiger partial charge on any atom is 0.417 e. The molecule has 0 saturated carbocycles. The van der Waals surface area contributed by atoms with Gasteiger partial charge < -0.3 is 5.32 Å². The highest BCUT2D eigenvalue weighted by Crippen LogP contribution is 2.37. The summed E-state index contributed by atoms with van der Waals surface area (Å²) >= 11 is 4.75. The van der Waals surface area contributed by atoms with Crippen molar-refractivity contribution in [1.82, 2.24) is 5.32 Å². The lowest BCUT2D eigenvalue weighted by molar-refractivity contribution is -0.138. The third-order valence-electron chi connectivity index (χ3n) is 3.46. The number of amides is 1. The highest BCUT2D eigenvalue weighted by atomic mass is 79.9. The average Bonchev–Trinajstić information content (AvgIpc) is 2.82. The van der Waals surface area contributed by atoms with Crippen molar-refractivity contribution >= 4 is 33.6 Å². The van der Waals surface area contributed by atoms with Crippen LogP contribution in [0.5, 0.6) is 0 Å². The van der Waals surface area contributed by atoms with E-state index in [-0.39, 0.29) is 10.3 Å². The van der Waals surface area contributed by atoms with Gasteiger partial charge >= 0.3 is 6.18 Å². The zero-order valence-corrected chi connectivity index (χ0v) is 13.8. The molecule has 1 fully saturated rings. The lowest BCUT2D eigenvalue weighted by Crippen LogP contribution is -2.37. The second-order valence-corrected chi connectivity index (χ2v) is 7.87. The van der Waals surface area contributed by atoms with E-state index < -0.39 is 17.6 Å². The van der Waals surface area contributed by atoms with Crippen LogP contribution in [0.4, 0.5) is 13.2 Å². The minimum Gasteiger partial charge on any atom is -0.351 e. The second-order valence-electron chi connectivity index (χ2n) is 5.27. The molecule has 0 spiro atoms. The summed E-state index contributed by atoms with van der Waals surface area (Å²) in [5.41, 5.74) is -1.25. The van der Waals surface area contributed by atoms with Crippen LogP contribution in [0, 0.1) is 0 Å². The molecule has 2 nitrogen and oxygen atoms in total. The van der Waals surface area contributed by atoms with Crippen LogP contribution >= 0.6 is 27.7 Å². The maximum absolute atomic E-state index is 13.0. The number of hydrogen-bond donors (Lipinski definition) is 1. The van der Waals surface area contributed by atoms with Gasteiger partial charge in [0.2, 0.25) is 0 Å². The van der Waals surface area contributed by atoms with Gasteiger partial charge in [-0.2, -0.15) is 24.9 Å². The zero-order chi connectivity index (χ0) is 15.7. The van der Waals surface area contributed by atoms with E-state index in [0.717, 1.165) is 24.7 Å². The van der Waals surface area contributed by atoms with Gasteiger partial charge in [0.15, 0.2) is 0 Å². The number of alkyl halides is 3. The molecule has 0 radical (unpaired) electrons. The van der Waals surface area contributed by atoms with Crippen molar-refractivity contribution in [2.45, 2.75) is 30.7 Å². The van der Waals surface area contributed by atoms with Crippen LogP contribution in [-0.4, -0.2) is 23.0 Å². The van der Waals surface area contributed by atoms with E-state index >= 15 is 0 Å². The van der Waals surface area contributed by atoms with Gasteiger partial charge in [0.25, 0.3) is 5.91 Å². The molecule has 0 aliphatic carbocycles. The van der Waals surface area contributed by atoms with Crippen LogP contribution in [0.15, 0.2) is 22.7 Å². The summed E-state index contributed by atoms with van der Waals surface area (Å²) in [5, 5.41) is 2.64. The topological polar surface area (TPSA) is 29.1 Å². The lowest BCUT2D eigenvalue weighted by atomic mass is 10.0. The number of nitrogens with one attached hydrogen (secondary N) is 1. The Bertz CT molecular complexity index is 542. The van der Waals surface area contributed by atoms with Crippen molar-refractivity contribution in [3.63, 3.8) is 0 Å². The molecule has 1 aliphatic rings. The van der Waals surface area contributed by atoms with E-state index in [0.29, 0.717) is 11.0 Å². The van der Waals surface area contributed by atoms with Crippen molar-refractivity contribution in [2.75, 3.05) is 12.3 Å². The normalized spacial score (nSPS) is 22.3. The van der Waals surface area contributed by atoms with Gasteiger partial charge in [-0.25, -0.2) is 0 Å². The minimum absolute atomic E-state index is 0.0799. The largest absolute Gasteiger partial charge is 0.417 e. The van der Waals surface area contributed by atoms with Crippen LogP contribution in [0.25, 0.3) is 0 Å². The smallest absolute Gasteiger partial charge is 0.351 e. The highest BCUT2D eigenvalue weighted by Gasteiger charge is 2.36. The minimum atomic E-state index is -4.55. The second kappa shape index (κ2) is 6.20. The predicted molar refractivity (Wildman–Crippen MR) is 81.6 cm³/mol. The number of carbonyl (C=O) groups is 1. The molecular weight excluding hydrogens is 367 g/mol. The highest BCUT2D eigenvalue weighted by molar-refractivity contribution is 9.10. The summed E-state index contributed by atoms with van der Waals surface area (Å²) in [4.78, 5) is 12.1. The first kappa shape index (κ1) is 16.7. The predicted octanol–water partition coefficient (Wildman–Crippen LogP) is 4.48. The van der Waals surface area contributed by atoms with E-state index in [1.807, 2.05) is 6.92 Å². The lowest BCUT2D eigenvalue weighted by Gasteiger charge is -2.23. The van der Waals surface area contributed by atoms with Gasteiger partial charge in [-0.05, 0) is 43.7 Å². The van der Waals surface area contributed by atoms with Gasteiger partial charge in [0.05, 0.1) is 11.1 Å². The first-order valence-electron chi connectivity index (χ1n) is 6.50. The fraction of sp³-hybridized carbons (Fsp3) is 0.500. The van der Waals surface area contributed by atoms with Crippen molar-refractivity contribution in [3.8, 4) is 0 Å². The van der Waals surface area contributed by atoms with Crippen molar-refractivity contribution < 1.29 is 18.0 Å². The van der Waals surface area contributed by atoms with Gasteiger partial charge in [-0.15, -0.1) is 0 Å². The molecule has 1 amide bonds. The summed E-state index contributed by atoms with van der Waals surface area (Å²) in [6, 6.07) is 3.57. The molecule has 1 aliphatic heterocycles. The molecule has 7 heteroatoms. The Morgan fingerprint density at radius 3 is 2.76 bits per heavy atom. The number of hydrogen-bond acceptors (Lipinski definition) is 2. The van der Waals surface area contributed by atoms with E-state index in [4.69, 9.17) is 0 Å². The van der Waals surface area contributed by atoms with Crippen LogP contribution in [0.1, 0.15) is 35.7 Å². The fourth-order valence-corrected chi connectivity index (χ4v) is 3.89. The molecule has 1 atom stereocenters. The summed E-state index contributed by atoms with van der Waals surface area (Å²) in [6.45, 7) is 2.40. The number of rotatable bonds is 3. The molecule has 0 bridgehead atoms. The Balaban J connectivity index is 2.15. The first-order valence-corrected chi connectivity index (χ1v) is 8.28. The van der Waals surface area contributed by atoms with Gasteiger partial charge in [0.1, 0.15) is 0 Å². The fourth-order valence-electron chi connectivity index (χ4n) is 2.29. The molecule has 1 N–H and O–H groups in total. The molecule has 1 heterocycles. The Labute approximate surface area is 134 Å². The molecule has 1 saturated heterocycles. The molecule has 0 aromatic heterocycles. The summed E-state index contributed by atoms with van der Waals surface area (Å²) < 4.78 is 39.2. The van der Waals surface area contributed by atoms with E-state index in [9.17, 15) is 18.0 Å². The Morgan fingerprint density at radius 2 is 2.19 bits per heavy atom. The first-order chi connectivity index (χ1) is 9.71. The molecule has 116 valence electrons. The van der Waals surface area contributed by atoms with Gasteiger partial charge in [-0.3, -0.25) is 4.79 Å². The Kier molecular flexibility index (Phi) is 4.92. The van der Waals surface area contributed by atoms with Crippen molar-refractivity contribution in [2.24, 2.45) is 0 Å². The van der Waals surface area contributed by atoms with Gasteiger partial charge in [0, 0.05) is 15.8 Å². The third kappa shape index (κ3) is 4.16. The van der Waals surface area contributed by atoms with E-state index in [1.54, 1.807) is 11.8 Å². The van der Waals surface area contributed by atoms with Crippen LogP contribution in [0.3, 0.4) is 0 Å². The van der Waals surface area contributed by atoms with Crippen LogP contribution in [-0.2, 0) is 6.18 Å². The summed E-state index contributed by atoms with van der Waals surface area (Å²) in [7, 11) is 0. The molecular formula is C14H15BrF3NOS. The summed E-state index contributed by atoms with van der Waals surface area (Å²) in [6.07, 6.45) is -2.52. The number of carbonyl (C=O) groups excluding carboxylic acids is 1. The number of halogens is 4. The monoisotopic (exact) mass is 381 g/mol.